The lowest BCUT2D eigenvalue weighted by molar-refractivity contribution is -0.144. The number of rotatable bonds is 2. The third-order valence-electron chi connectivity index (χ3n) is 1.03. The Morgan fingerprint density at radius 3 is 1.64 bits per heavy atom. The fraction of sp³-hybridized carbons (Fsp3) is 0.429. The molecule has 0 amide bonds. The highest BCUT2D eigenvalue weighted by molar-refractivity contribution is 6.13. The van der Waals surface area contributed by atoms with Crippen molar-refractivity contribution >= 4 is 11.9 Å². The first-order valence-electron chi connectivity index (χ1n) is 2.88. The van der Waals surface area contributed by atoms with Crippen LogP contribution in [-0.4, -0.2) is 26.2 Å². The van der Waals surface area contributed by atoms with Crippen LogP contribution in [0.1, 0.15) is 6.92 Å². The Labute approximate surface area is 64.8 Å². The number of hydrogen-bond acceptors (Lipinski definition) is 4. The molecule has 11 heavy (non-hydrogen) atoms. The van der Waals surface area contributed by atoms with Crippen molar-refractivity contribution in [1.29, 1.82) is 0 Å². The molecule has 0 unspecified atom stereocenters. The van der Waals surface area contributed by atoms with Gasteiger partial charge in [-0.05, 0) is 13.0 Å². The van der Waals surface area contributed by atoms with Crippen molar-refractivity contribution < 1.29 is 19.1 Å². The monoisotopic (exact) mass is 157 g/mol. The number of carbonyl (C=O) groups excluding carboxylic acids is 2. The third-order valence-corrected chi connectivity index (χ3v) is 1.03. The van der Waals surface area contributed by atoms with Gasteiger partial charge in [0.15, 0.2) is 0 Å². The molecule has 0 spiro atoms. The summed E-state index contributed by atoms with van der Waals surface area (Å²) in [7, 11) is 2.37. The van der Waals surface area contributed by atoms with Crippen LogP contribution in [0.2, 0.25) is 0 Å². The van der Waals surface area contributed by atoms with E-state index < -0.39 is 11.9 Å². The lowest BCUT2D eigenvalue weighted by atomic mass is 10.2. The summed E-state index contributed by atoms with van der Waals surface area (Å²) in [4.78, 5) is 21.4. The van der Waals surface area contributed by atoms with Crippen LogP contribution in [0.3, 0.4) is 0 Å². The lowest BCUT2D eigenvalue weighted by Crippen LogP contribution is -2.15. The molecule has 0 saturated carbocycles. The summed E-state index contributed by atoms with van der Waals surface area (Å²) in [5, 5.41) is 0. The number of carbonyl (C=O) groups is 2. The van der Waals surface area contributed by atoms with Gasteiger partial charge in [0.2, 0.25) is 0 Å². The van der Waals surface area contributed by atoms with E-state index >= 15 is 0 Å². The van der Waals surface area contributed by atoms with Gasteiger partial charge in [0, 0.05) is 0 Å². The zero-order chi connectivity index (χ0) is 8.85. The quantitative estimate of drug-likeness (QED) is 0.246. The summed E-state index contributed by atoms with van der Waals surface area (Å²) in [6.45, 7) is 1.43. The van der Waals surface area contributed by atoms with E-state index in [1.807, 2.05) is 0 Å². The van der Waals surface area contributed by atoms with Crippen molar-refractivity contribution in [3.05, 3.63) is 11.6 Å². The summed E-state index contributed by atoms with van der Waals surface area (Å²) in [5.74, 6) is -1.47. The average molecular weight is 157 g/mol. The Hall–Kier alpha value is -1.32. The SMILES string of the molecule is C[C]=C(C(=O)OC)C(=O)OC. The zero-order valence-corrected chi connectivity index (χ0v) is 6.63. The second kappa shape index (κ2) is 4.49. The minimum atomic E-state index is -0.737. The number of methoxy groups -OCH3 is 2. The van der Waals surface area contributed by atoms with Gasteiger partial charge in [-0.3, -0.25) is 0 Å². The van der Waals surface area contributed by atoms with E-state index in [1.54, 1.807) is 0 Å². The highest BCUT2D eigenvalue weighted by Crippen LogP contribution is 1.98. The molecule has 0 aromatic carbocycles. The minimum absolute atomic E-state index is 0.213. The van der Waals surface area contributed by atoms with Gasteiger partial charge < -0.3 is 9.47 Å². The van der Waals surface area contributed by atoms with Crippen molar-refractivity contribution in [2.75, 3.05) is 14.2 Å². The Kier molecular flexibility index (Phi) is 3.95. The first-order chi connectivity index (χ1) is 5.17. The molecule has 0 aliphatic carbocycles. The van der Waals surface area contributed by atoms with Crippen molar-refractivity contribution in [3.8, 4) is 0 Å². The molecular formula is C7H9O4. The predicted octanol–water partition coefficient (Wildman–Crippen LogP) is 0.0819. The smallest absolute Gasteiger partial charge is 0.345 e. The predicted molar refractivity (Wildman–Crippen MR) is 36.5 cm³/mol. The molecule has 0 N–H and O–H groups in total. The highest BCUT2D eigenvalue weighted by atomic mass is 16.5. The van der Waals surface area contributed by atoms with Gasteiger partial charge in [0.05, 0.1) is 14.2 Å². The fourth-order valence-electron chi connectivity index (χ4n) is 0.492. The van der Waals surface area contributed by atoms with E-state index in [4.69, 9.17) is 0 Å². The van der Waals surface area contributed by atoms with Crippen LogP contribution in [0, 0.1) is 6.08 Å². The molecule has 0 fully saturated rings. The number of allylic oxidation sites excluding steroid dienone is 1. The van der Waals surface area contributed by atoms with Crippen LogP contribution < -0.4 is 0 Å². The highest BCUT2D eigenvalue weighted by Gasteiger charge is 2.17. The molecule has 4 nitrogen and oxygen atoms in total. The van der Waals surface area contributed by atoms with Crippen LogP contribution in [-0.2, 0) is 19.1 Å². The molecule has 61 valence electrons. The Morgan fingerprint density at radius 1 is 1.09 bits per heavy atom. The zero-order valence-electron chi connectivity index (χ0n) is 6.63. The topological polar surface area (TPSA) is 52.6 Å². The average Bonchev–Trinajstić information content (AvgIpc) is 2.05. The van der Waals surface area contributed by atoms with Crippen LogP contribution in [0.25, 0.3) is 0 Å². The van der Waals surface area contributed by atoms with Crippen molar-refractivity contribution in [1.82, 2.24) is 0 Å². The van der Waals surface area contributed by atoms with Gasteiger partial charge in [-0.2, -0.15) is 0 Å². The van der Waals surface area contributed by atoms with Crippen molar-refractivity contribution in [2.45, 2.75) is 6.92 Å². The van der Waals surface area contributed by atoms with E-state index in [0.29, 0.717) is 0 Å². The Balaban J connectivity index is 4.43. The third kappa shape index (κ3) is 2.41. The first kappa shape index (κ1) is 9.68. The van der Waals surface area contributed by atoms with Gasteiger partial charge in [0.1, 0.15) is 5.57 Å². The van der Waals surface area contributed by atoms with E-state index in [0.717, 1.165) is 0 Å². The molecule has 0 heterocycles. The van der Waals surface area contributed by atoms with Crippen LogP contribution >= 0.6 is 0 Å². The van der Waals surface area contributed by atoms with Gasteiger partial charge >= 0.3 is 11.9 Å². The molecular weight excluding hydrogens is 148 g/mol. The molecule has 0 aromatic rings. The van der Waals surface area contributed by atoms with Gasteiger partial charge in [-0.15, -0.1) is 0 Å². The molecule has 0 atom stereocenters. The standard InChI is InChI=1S/C7H9O4/c1-4-5(6(8)10-2)7(9)11-3/h1-3H3. The second-order valence-electron chi connectivity index (χ2n) is 1.61. The number of hydrogen-bond donors (Lipinski definition) is 0. The maximum Gasteiger partial charge on any atom is 0.345 e. The number of ether oxygens (including phenoxy) is 2. The normalized spacial score (nSPS) is 8.27. The molecule has 0 aliphatic heterocycles. The molecule has 4 heteroatoms. The summed E-state index contributed by atoms with van der Waals surface area (Å²) in [6, 6.07) is 0. The molecule has 0 bridgehead atoms. The summed E-state index contributed by atoms with van der Waals surface area (Å²) >= 11 is 0. The van der Waals surface area contributed by atoms with Gasteiger partial charge in [-0.25, -0.2) is 9.59 Å². The summed E-state index contributed by atoms with van der Waals surface area (Å²) in [6.07, 6.45) is 2.37. The molecule has 1 radical (unpaired) electrons. The van der Waals surface area contributed by atoms with E-state index in [-0.39, 0.29) is 5.57 Å². The fourth-order valence-corrected chi connectivity index (χ4v) is 0.492. The maximum atomic E-state index is 10.7. The van der Waals surface area contributed by atoms with E-state index in [2.05, 4.69) is 15.5 Å². The van der Waals surface area contributed by atoms with Crippen LogP contribution in [0.15, 0.2) is 5.57 Å². The summed E-state index contributed by atoms with van der Waals surface area (Å²) in [5.41, 5.74) is -0.213. The molecule has 0 aromatic heterocycles. The molecule has 0 rings (SSSR count). The Bertz CT molecular complexity index is 175. The molecule has 0 aliphatic rings. The second-order valence-corrected chi connectivity index (χ2v) is 1.61. The van der Waals surface area contributed by atoms with Crippen molar-refractivity contribution in [2.24, 2.45) is 0 Å². The largest absolute Gasteiger partial charge is 0.465 e. The van der Waals surface area contributed by atoms with Crippen LogP contribution in [0.5, 0.6) is 0 Å². The van der Waals surface area contributed by atoms with Crippen molar-refractivity contribution in [3.63, 3.8) is 0 Å². The first-order valence-corrected chi connectivity index (χ1v) is 2.88. The van der Waals surface area contributed by atoms with Crippen LogP contribution in [0.4, 0.5) is 0 Å². The summed E-state index contributed by atoms with van der Waals surface area (Å²) < 4.78 is 8.57. The van der Waals surface area contributed by atoms with Gasteiger partial charge in [0.25, 0.3) is 0 Å². The van der Waals surface area contributed by atoms with E-state index in [9.17, 15) is 9.59 Å². The maximum absolute atomic E-state index is 10.7. The lowest BCUT2D eigenvalue weighted by Gasteiger charge is -2.00. The number of esters is 2. The Morgan fingerprint density at radius 2 is 1.45 bits per heavy atom. The van der Waals surface area contributed by atoms with Gasteiger partial charge in [-0.1, -0.05) is 0 Å². The minimum Gasteiger partial charge on any atom is -0.465 e. The van der Waals surface area contributed by atoms with E-state index in [1.165, 1.54) is 21.1 Å². The molecule has 0 saturated heterocycles.